The smallest absolute Gasteiger partial charge is 0.226 e. The van der Waals surface area contributed by atoms with Crippen LogP contribution in [0.25, 0.3) is 11.0 Å². The van der Waals surface area contributed by atoms with Crippen LogP contribution in [0.2, 0.25) is 0 Å². The summed E-state index contributed by atoms with van der Waals surface area (Å²) in [6.07, 6.45) is 1.70. The van der Waals surface area contributed by atoms with Gasteiger partial charge in [0.2, 0.25) is 5.95 Å². The first-order valence-electron chi connectivity index (χ1n) is 4.97. The number of nitrogens with zero attached hydrogens (tertiary/aromatic N) is 3. The molecule has 2 aromatic heterocycles. The van der Waals surface area contributed by atoms with Gasteiger partial charge in [-0.25, -0.2) is 0 Å². The SMILES string of the molecule is CNc1nc(NCCOC)c2cn[nH]c2n1. The van der Waals surface area contributed by atoms with Gasteiger partial charge in [0.15, 0.2) is 5.65 Å². The number of H-pyrrole nitrogens is 1. The van der Waals surface area contributed by atoms with E-state index in [0.717, 1.165) is 11.2 Å². The molecule has 0 amide bonds. The third kappa shape index (κ3) is 2.03. The van der Waals surface area contributed by atoms with E-state index in [-0.39, 0.29) is 0 Å². The Labute approximate surface area is 92.6 Å². The molecular formula is C9H14N6O. The Morgan fingerprint density at radius 2 is 2.31 bits per heavy atom. The van der Waals surface area contributed by atoms with Gasteiger partial charge in [-0.3, -0.25) is 5.10 Å². The summed E-state index contributed by atoms with van der Waals surface area (Å²) in [5.41, 5.74) is 0.708. The van der Waals surface area contributed by atoms with E-state index in [2.05, 4.69) is 30.8 Å². The lowest BCUT2D eigenvalue weighted by Gasteiger charge is -2.07. The Hall–Kier alpha value is -1.89. The van der Waals surface area contributed by atoms with Crippen LogP contribution in [0.1, 0.15) is 0 Å². The number of methoxy groups -OCH3 is 1. The lowest BCUT2D eigenvalue weighted by molar-refractivity contribution is 0.210. The van der Waals surface area contributed by atoms with Gasteiger partial charge in [0.1, 0.15) is 5.82 Å². The van der Waals surface area contributed by atoms with Gasteiger partial charge in [0, 0.05) is 20.7 Å². The second-order valence-electron chi connectivity index (χ2n) is 3.20. The molecule has 0 bridgehead atoms. The first-order valence-corrected chi connectivity index (χ1v) is 4.97. The molecule has 2 aromatic rings. The van der Waals surface area contributed by atoms with Crippen molar-refractivity contribution >= 4 is 22.8 Å². The number of hydrogen-bond acceptors (Lipinski definition) is 6. The van der Waals surface area contributed by atoms with Crippen LogP contribution < -0.4 is 10.6 Å². The molecule has 7 heteroatoms. The minimum absolute atomic E-state index is 0.552. The van der Waals surface area contributed by atoms with Gasteiger partial charge < -0.3 is 15.4 Å². The topological polar surface area (TPSA) is 87.8 Å². The van der Waals surface area contributed by atoms with Crippen LogP contribution in [0.15, 0.2) is 6.20 Å². The molecule has 0 unspecified atom stereocenters. The highest BCUT2D eigenvalue weighted by Gasteiger charge is 2.07. The van der Waals surface area contributed by atoms with Crippen molar-refractivity contribution in [1.29, 1.82) is 0 Å². The summed E-state index contributed by atoms with van der Waals surface area (Å²) in [6.45, 7) is 1.31. The first kappa shape index (κ1) is 10.6. The molecule has 0 aliphatic carbocycles. The lowest BCUT2D eigenvalue weighted by atomic mass is 10.4. The average Bonchev–Trinajstić information content (AvgIpc) is 2.77. The molecule has 0 saturated carbocycles. The minimum Gasteiger partial charge on any atom is -0.383 e. The van der Waals surface area contributed by atoms with E-state index < -0.39 is 0 Å². The quantitative estimate of drug-likeness (QED) is 0.637. The van der Waals surface area contributed by atoms with Crippen molar-refractivity contribution < 1.29 is 4.74 Å². The number of hydrogen-bond donors (Lipinski definition) is 3. The fraction of sp³-hybridized carbons (Fsp3) is 0.444. The fourth-order valence-electron chi connectivity index (χ4n) is 1.35. The second-order valence-corrected chi connectivity index (χ2v) is 3.20. The number of aromatic nitrogens is 4. The van der Waals surface area contributed by atoms with Crippen LogP contribution in [0.5, 0.6) is 0 Å². The van der Waals surface area contributed by atoms with Gasteiger partial charge in [-0.05, 0) is 0 Å². The summed E-state index contributed by atoms with van der Waals surface area (Å²) < 4.78 is 4.97. The summed E-state index contributed by atoms with van der Waals surface area (Å²) in [5.74, 6) is 1.30. The van der Waals surface area contributed by atoms with E-state index in [4.69, 9.17) is 4.74 Å². The van der Waals surface area contributed by atoms with Crippen molar-refractivity contribution in [2.75, 3.05) is 37.9 Å². The van der Waals surface area contributed by atoms with E-state index in [9.17, 15) is 0 Å². The number of rotatable bonds is 5. The summed E-state index contributed by atoms with van der Waals surface area (Å²) in [4.78, 5) is 8.55. The summed E-state index contributed by atoms with van der Waals surface area (Å²) in [7, 11) is 3.44. The summed E-state index contributed by atoms with van der Waals surface area (Å²) in [6, 6.07) is 0. The molecule has 0 atom stereocenters. The number of aromatic amines is 1. The van der Waals surface area contributed by atoms with E-state index >= 15 is 0 Å². The number of ether oxygens (including phenoxy) is 1. The lowest BCUT2D eigenvalue weighted by Crippen LogP contribution is -2.10. The van der Waals surface area contributed by atoms with E-state index in [0.29, 0.717) is 24.7 Å². The van der Waals surface area contributed by atoms with Crippen molar-refractivity contribution in [3.05, 3.63) is 6.20 Å². The second kappa shape index (κ2) is 4.75. The van der Waals surface area contributed by atoms with Crippen LogP contribution in [-0.4, -0.2) is 47.5 Å². The Morgan fingerprint density at radius 3 is 3.06 bits per heavy atom. The Bertz CT molecular complexity index is 468. The van der Waals surface area contributed by atoms with Gasteiger partial charge in [-0.2, -0.15) is 15.1 Å². The molecule has 0 aliphatic rings. The zero-order chi connectivity index (χ0) is 11.4. The minimum atomic E-state index is 0.552. The van der Waals surface area contributed by atoms with Crippen molar-refractivity contribution in [1.82, 2.24) is 20.2 Å². The molecule has 0 radical (unpaired) electrons. The fourth-order valence-corrected chi connectivity index (χ4v) is 1.35. The van der Waals surface area contributed by atoms with E-state index in [1.807, 2.05) is 0 Å². The highest BCUT2D eigenvalue weighted by Crippen LogP contribution is 2.19. The summed E-state index contributed by atoms with van der Waals surface area (Å²) >= 11 is 0. The molecular weight excluding hydrogens is 208 g/mol. The van der Waals surface area contributed by atoms with Gasteiger partial charge in [0.05, 0.1) is 18.2 Å². The third-order valence-electron chi connectivity index (χ3n) is 2.13. The van der Waals surface area contributed by atoms with Crippen LogP contribution in [0, 0.1) is 0 Å². The van der Waals surface area contributed by atoms with Gasteiger partial charge in [-0.15, -0.1) is 0 Å². The molecule has 86 valence electrons. The standard InChI is InChI=1S/C9H14N6O/c1-10-9-13-7(11-3-4-16-2)6-5-12-15-8(6)14-9/h5H,3-4H2,1-2H3,(H3,10,11,12,13,14,15). The molecule has 16 heavy (non-hydrogen) atoms. The highest BCUT2D eigenvalue weighted by molar-refractivity contribution is 5.86. The van der Waals surface area contributed by atoms with Crippen LogP contribution in [0.4, 0.5) is 11.8 Å². The van der Waals surface area contributed by atoms with Crippen molar-refractivity contribution in [3.63, 3.8) is 0 Å². The van der Waals surface area contributed by atoms with Crippen molar-refractivity contribution in [2.24, 2.45) is 0 Å². The Kier molecular flexibility index (Phi) is 3.16. The molecule has 0 saturated heterocycles. The van der Waals surface area contributed by atoms with Gasteiger partial charge in [0.25, 0.3) is 0 Å². The average molecular weight is 222 g/mol. The normalized spacial score (nSPS) is 10.6. The molecule has 0 aromatic carbocycles. The maximum Gasteiger partial charge on any atom is 0.226 e. The molecule has 7 nitrogen and oxygen atoms in total. The number of anilines is 2. The van der Waals surface area contributed by atoms with E-state index in [1.165, 1.54) is 0 Å². The zero-order valence-electron chi connectivity index (χ0n) is 9.24. The van der Waals surface area contributed by atoms with Gasteiger partial charge in [-0.1, -0.05) is 0 Å². The van der Waals surface area contributed by atoms with Crippen LogP contribution >= 0.6 is 0 Å². The Morgan fingerprint density at radius 1 is 1.44 bits per heavy atom. The molecule has 0 aliphatic heterocycles. The van der Waals surface area contributed by atoms with Crippen LogP contribution in [0.3, 0.4) is 0 Å². The first-order chi connectivity index (χ1) is 7.85. The van der Waals surface area contributed by atoms with Gasteiger partial charge >= 0.3 is 0 Å². The van der Waals surface area contributed by atoms with Crippen molar-refractivity contribution in [2.45, 2.75) is 0 Å². The predicted molar refractivity (Wildman–Crippen MR) is 61.6 cm³/mol. The van der Waals surface area contributed by atoms with Crippen LogP contribution in [-0.2, 0) is 4.74 Å². The highest BCUT2D eigenvalue weighted by atomic mass is 16.5. The maximum atomic E-state index is 4.97. The Balaban J connectivity index is 2.29. The predicted octanol–water partition coefficient (Wildman–Crippen LogP) is 0.453. The third-order valence-corrected chi connectivity index (χ3v) is 2.13. The summed E-state index contributed by atoms with van der Waals surface area (Å²) in [5, 5.41) is 13.7. The zero-order valence-corrected chi connectivity index (χ0v) is 9.24. The van der Waals surface area contributed by atoms with Crippen molar-refractivity contribution in [3.8, 4) is 0 Å². The number of nitrogens with one attached hydrogen (secondary N) is 3. The molecule has 2 rings (SSSR count). The molecule has 0 spiro atoms. The molecule has 3 N–H and O–H groups in total. The number of fused-ring (bicyclic) bond motifs is 1. The van der Waals surface area contributed by atoms with E-state index in [1.54, 1.807) is 20.4 Å². The monoisotopic (exact) mass is 222 g/mol. The molecule has 0 fully saturated rings. The maximum absolute atomic E-state index is 4.97. The molecule has 2 heterocycles. The largest absolute Gasteiger partial charge is 0.383 e.